The molecule has 10 nitrogen and oxygen atoms in total. The van der Waals surface area contributed by atoms with E-state index in [0.29, 0.717) is 13.1 Å². The van der Waals surface area contributed by atoms with Crippen LogP contribution in [0, 0.1) is 27.7 Å². The Hall–Kier alpha value is -0.201. The van der Waals surface area contributed by atoms with E-state index in [1.165, 1.54) is 0 Å². The van der Waals surface area contributed by atoms with Crippen molar-refractivity contribution in [1.29, 1.82) is 0 Å². The molecule has 0 rings (SSSR count). The monoisotopic (exact) mass is 398 g/mol. The molecule has 0 aromatic heterocycles. The van der Waals surface area contributed by atoms with Crippen LogP contribution in [-0.4, -0.2) is 57.4 Å². The molecule has 0 aromatic rings. The average Bonchev–Trinajstić information content (AvgIpc) is 2.13. The zero-order valence-electron chi connectivity index (χ0n) is 15.1. The molecule has 0 spiro atoms. The number of rotatable bonds is 1. The van der Waals surface area contributed by atoms with E-state index in [1.54, 1.807) is 0 Å². The Morgan fingerprint density at radius 1 is 0.783 bits per heavy atom. The summed E-state index contributed by atoms with van der Waals surface area (Å²) in [6.07, 6.45) is 0. The molecule has 0 saturated carbocycles. The van der Waals surface area contributed by atoms with E-state index in [1.807, 2.05) is 0 Å². The van der Waals surface area contributed by atoms with Gasteiger partial charge in [0.2, 0.25) is 0 Å². The number of hydrogen-bond donors (Lipinski definition) is 5. The van der Waals surface area contributed by atoms with Crippen molar-refractivity contribution in [3.63, 3.8) is 0 Å². The molecule has 13 heteroatoms. The molecule has 1 radical (unpaired) electrons. The predicted octanol–water partition coefficient (Wildman–Crippen LogP) is -6.15. The summed E-state index contributed by atoms with van der Waals surface area (Å²) in [4.78, 5) is 35.6. The number of hydrogen-bond acceptors (Lipinski definition) is 5. The maximum absolute atomic E-state index is 8.89. The minimum Gasteiger partial charge on any atom is -1.00 e. The van der Waals surface area contributed by atoms with E-state index < -0.39 is 23.9 Å². The SMILES string of the molecule is [CH2-]C(=O)O.[CH2-]C(=O)O.[CH2-]C(=O)O.[CH2-]C(=O)O.[H-].[H-].[Mn].[NH-]CCN.[Na+].[Na+]. The average molecular weight is 398 g/mol. The predicted molar refractivity (Wildman–Crippen MR) is 72.4 cm³/mol. The summed E-state index contributed by atoms with van der Waals surface area (Å²) >= 11 is 0. The van der Waals surface area contributed by atoms with Crippen molar-refractivity contribution >= 4 is 23.9 Å². The normalized spacial score (nSPS) is 5.48. The van der Waals surface area contributed by atoms with Gasteiger partial charge < -0.3 is 34.7 Å². The Labute approximate surface area is 193 Å². The van der Waals surface area contributed by atoms with Gasteiger partial charge in [-0.3, -0.25) is 46.9 Å². The summed E-state index contributed by atoms with van der Waals surface area (Å²) in [5.74, 6) is -4.33. The minimum atomic E-state index is -1.08. The molecule has 0 aliphatic rings. The van der Waals surface area contributed by atoms with Gasteiger partial charge in [0.25, 0.3) is 0 Å². The smallest absolute Gasteiger partial charge is 1.00 e. The first-order valence-corrected chi connectivity index (χ1v) is 4.39. The van der Waals surface area contributed by atoms with E-state index in [0.717, 1.165) is 0 Å². The molecule has 0 aliphatic heterocycles. The van der Waals surface area contributed by atoms with E-state index in [9.17, 15) is 0 Å². The van der Waals surface area contributed by atoms with Gasteiger partial charge in [0.1, 0.15) is 0 Å². The standard InChI is InChI=1S/C2H7N2.4C2H3O2.Mn.2Na.2H/c3-1-2-4;4*1-2(3)4;;;;;/h3H,1-2,4H2;4*1H2,(H,3,4);;;;;/q5*-1;;2*+1;2*-1. The van der Waals surface area contributed by atoms with Gasteiger partial charge in [0, 0.05) is 17.1 Å². The summed E-state index contributed by atoms with van der Waals surface area (Å²) in [6, 6.07) is 0. The molecule has 0 amide bonds. The zero-order chi connectivity index (χ0) is 17.7. The molecule has 0 bridgehead atoms. The van der Waals surface area contributed by atoms with Gasteiger partial charge in [-0.15, -0.1) is 6.54 Å². The van der Waals surface area contributed by atoms with E-state index in [-0.39, 0.29) is 79.0 Å². The van der Waals surface area contributed by atoms with Gasteiger partial charge in [-0.2, -0.15) is 0 Å². The first kappa shape index (κ1) is 49.5. The Bertz CT molecular complexity index is 215. The number of carboxylic acid groups (broad SMARTS) is 4. The largest absolute Gasteiger partial charge is 1.00 e. The minimum absolute atomic E-state index is 0. The molecule has 0 fully saturated rings. The van der Waals surface area contributed by atoms with Crippen LogP contribution in [-0.2, 0) is 36.2 Å². The van der Waals surface area contributed by atoms with Crippen molar-refractivity contribution in [2.45, 2.75) is 0 Å². The van der Waals surface area contributed by atoms with Crippen molar-refractivity contribution in [3.05, 3.63) is 33.4 Å². The molecule has 0 unspecified atom stereocenters. The molecule has 133 valence electrons. The van der Waals surface area contributed by atoms with Gasteiger partial charge >= 0.3 is 59.1 Å². The molecular formula is C10H21MnN2Na2O8-5. The first-order valence-electron chi connectivity index (χ1n) is 4.39. The van der Waals surface area contributed by atoms with Gasteiger partial charge in [-0.25, -0.2) is 0 Å². The van der Waals surface area contributed by atoms with Crippen molar-refractivity contribution in [3.8, 4) is 0 Å². The maximum atomic E-state index is 8.89. The molecule has 0 saturated heterocycles. The van der Waals surface area contributed by atoms with E-state index in [2.05, 4.69) is 27.7 Å². The summed E-state index contributed by atoms with van der Waals surface area (Å²) in [5, 5.41) is 29.2. The van der Waals surface area contributed by atoms with Crippen LogP contribution < -0.4 is 64.8 Å². The Morgan fingerprint density at radius 3 is 0.826 bits per heavy atom. The van der Waals surface area contributed by atoms with Gasteiger partial charge in [0.15, 0.2) is 23.9 Å². The fourth-order valence-electron chi connectivity index (χ4n) is 0. The van der Waals surface area contributed by atoms with Gasteiger partial charge in [0.05, 0.1) is 0 Å². The summed E-state index contributed by atoms with van der Waals surface area (Å²) < 4.78 is 0. The third-order valence-electron chi connectivity index (χ3n) is 0.144. The molecular weight excluding hydrogens is 377 g/mol. The van der Waals surface area contributed by atoms with Crippen LogP contribution in [0.25, 0.3) is 5.73 Å². The van der Waals surface area contributed by atoms with Crippen molar-refractivity contribution in [1.82, 2.24) is 0 Å². The molecule has 0 atom stereocenters. The molecule has 0 heterocycles. The second kappa shape index (κ2) is 49.5. The topological polar surface area (TPSA) is 199 Å². The second-order valence-corrected chi connectivity index (χ2v) is 2.11. The fourth-order valence-corrected chi connectivity index (χ4v) is 0. The maximum Gasteiger partial charge on any atom is 1.00 e. The number of carboxylic acids is 4. The third-order valence-corrected chi connectivity index (χ3v) is 0.144. The Morgan fingerprint density at radius 2 is 0.826 bits per heavy atom. The van der Waals surface area contributed by atoms with Crippen LogP contribution in [0.5, 0.6) is 0 Å². The van der Waals surface area contributed by atoms with Crippen LogP contribution in [0.1, 0.15) is 2.85 Å². The molecule has 0 aliphatic carbocycles. The van der Waals surface area contributed by atoms with Crippen LogP contribution in [0.2, 0.25) is 0 Å². The van der Waals surface area contributed by atoms with Crippen LogP contribution in [0.15, 0.2) is 0 Å². The van der Waals surface area contributed by atoms with Crippen LogP contribution >= 0.6 is 0 Å². The van der Waals surface area contributed by atoms with Crippen LogP contribution in [0.3, 0.4) is 0 Å². The summed E-state index contributed by atoms with van der Waals surface area (Å²) in [5.41, 5.74) is 11.2. The number of carbonyl (C=O) groups is 4. The number of nitrogens with one attached hydrogen (secondary N) is 1. The van der Waals surface area contributed by atoms with E-state index >= 15 is 0 Å². The number of nitrogens with two attached hydrogens (primary N) is 1. The summed E-state index contributed by atoms with van der Waals surface area (Å²) in [7, 11) is 0. The van der Waals surface area contributed by atoms with Crippen molar-refractivity contribution < 1.29 is 119 Å². The van der Waals surface area contributed by atoms with Crippen LogP contribution in [0.4, 0.5) is 0 Å². The quantitative estimate of drug-likeness (QED) is 0.211. The fraction of sp³-hybridized carbons (Fsp3) is 0.200. The Balaban J connectivity index is -0.0000000134. The van der Waals surface area contributed by atoms with Crippen molar-refractivity contribution in [2.75, 3.05) is 13.1 Å². The zero-order valence-corrected chi connectivity index (χ0v) is 18.3. The molecule has 23 heavy (non-hydrogen) atoms. The van der Waals surface area contributed by atoms with Gasteiger partial charge in [-0.05, 0) is 6.54 Å². The van der Waals surface area contributed by atoms with Gasteiger partial charge in [-0.1, -0.05) is 0 Å². The first-order chi connectivity index (χ1) is 8.84. The molecule has 7 N–H and O–H groups in total. The van der Waals surface area contributed by atoms with E-state index in [4.69, 9.17) is 51.1 Å². The van der Waals surface area contributed by atoms with Crippen molar-refractivity contribution in [2.24, 2.45) is 5.73 Å². The Kier molecular flexibility index (Phi) is 107. The summed E-state index contributed by atoms with van der Waals surface area (Å²) in [6.45, 7) is 11.1. The molecule has 0 aromatic carbocycles. The number of aliphatic carboxylic acids is 4. The second-order valence-electron chi connectivity index (χ2n) is 2.11. The third kappa shape index (κ3) is 13400.